The van der Waals surface area contributed by atoms with Gasteiger partial charge < -0.3 is 19.4 Å². The molecule has 1 aromatic carbocycles. The summed E-state index contributed by atoms with van der Waals surface area (Å²) in [6.07, 6.45) is 5.19. The summed E-state index contributed by atoms with van der Waals surface area (Å²) in [4.78, 5) is 46.5. The molecule has 11 heteroatoms. The minimum absolute atomic E-state index is 0.00584. The molecule has 2 N–H and O–H groups in total. The molecule has 0 saturated carbocycles. The average Bonchev–Trinajstić information content (AvgIpc) is 3.37. The SMILES string of the molecule is CCOC(=O)c1c(NC(=O)c2cc3c(=O)n4cccc(C)c4nc3n(Cc3ccc(OC)cc3)c2=N)sc2c1CCCC2. The van der Waals surface area contributed by atoms with Crippen molar-refractivity contribution in [1.82, 2.24) is 14.0 Å². The average molecular weight is 598 g/mol. The van der Waals surface area contributed by atoms with E-state index in [1.807, 2.05) is 37.3 Å². The number of esters is 1. The molecule has 220 valence electrons. The van der Waals surface area contributed by atoms with Gasteiger partial charge in [-0.05, 0) is 80.5 Å². The molecule has 0 bridgehead atoms. The number of aryl methyl sites for hydroxylation is 2. The predicted molar refractivity (Wildman–Crippen MR) is 165 cm³/mol. The zero-order valence-corrected chi connectivity index (χ0v) is 25.0. The normalized spacial score (nSPS) is 12.7. The van der Waals surface area contributed by atoms with Crippen LogP contribution in [0.1, 0.15) is 62.0 Å². The molecule has 0 saturated heterocycles. The van der Waals surface area contributed by atoms with Crippen molar-refractivity contribution in [2.45, 2.75) is 46.1 Å². The van der Waals surface area contributed by atoms with Crippen molar-refractivity contribution in [3.63, 3.8) is 0 Å². The fourth-order valence-corrected chi connectivity index (χ4v) is 6.85. The van der Waals surface area contributed by atoms with Crippen molar-refractivity contribution >= 4 is 44.9 Å². The quantitative estimate of drug-likeness (QED) is 0.204. The second-order valence-electron chi connectivity index (χ2n) is 10.5. The summed E-state index contributed by atoms with van der Waals surface area (Å²) in [5.74, 6) is -0.374. The number of benzene rings is 1. The highest BCUT2D eigenvalue weighted by molar-refractivity contribution is 7.17. The number of thiophene rings is 1. The number of anilines is 1. The van der Waals surface area contributed by atoms with Crippen LogP contribution in [0.2, 0.25) is 0 Å². The first-order valence-corrected chi connectivity index (χ1v) is 15.0. The molecule has 10 nitrogen and oxygen atoms in total. The maximum atomic E-state index is 13.9. The Bertz CT molecular complexity index is 2020. The van der Waals surface area contributed by atoms with E-state index < -0.39 is 11.9 Å². The topological polar surface area (TPSA) is 128 Å². The van der Waals surface area contributed by atoms with Gasteiger partial charge in [0.15, 0.2) is 0 Å². The number of fused-ring (bicyclic) bond motifs is 3. The summed E-state index contributed by atoms with van der Waals surface area (Å²) in [5, 5.41) is 12.7. The van der Waals surface area contributed by atoms with Crippen LogP contribution in [0.15, 0.2) is 53.5 Å². The predicted octanol–water partition coefficient (Wildman–Crippen LogP) is 4.86. The third-order valence-electron chi connectivity index (χ3n) is 7.76. The third kappa shape index (κ3) is 5.10. The van der Waals surface area contributed by atoms with Gasteiger partial charge in [-0.1, -0.05) is 18.2 Å². The molecule has 0 atom stereocenters. The molecule has 0 spiro atoms. The van der Waals surface area contributed by atoms with Gasteiger partial charge in [0.2, 0.25) is 0 Å². The lowest BCUT2D eigenvalue weighted by Crippen LogP contribution is -2.32. The first-order valence-electron chi connectivity index (χ1n) is 14.2. The van der Waals surface area contributed by atoms with Crippen LogP contribution >= 0.6 is 11.3 Å². The van der Waals surface area contributed by atoms with Gasteiger partial charge in [0.05, 0.1) is 36.8 Å². The summed E-state index contributed by atoms with van der Waals surface area (Å²) in [6, 6.07) is 12.4. The maximum Gasteiger partial charge on any atom is 0.341 e. The Morgan fingerprint density at radius 2 is 1.88 bits per heavy atom. The Kier molecular flexibility index (Phi) is 7.57. The van der Waals surface area contributed by atoms with Crippen molar-refractivity contribution in [2.24, 2.45) is 0 Å². The Labute approximate surface area is 251 Å². The minimum Gasteiger partial charge on any atom is -0.497 e. The van der Waals surface area contributed by atoms with Gasteiger partial charge in [0.25, 0.3) is 11.5 Å². The van der Waals surface area contributed by atoms with E-state index in [4.69, 9.17) is 19.9 Å². The van der Waals surface area contributed by atoms with E-state index in [0.717, 1.165) is 47.3 Å². The first-order chi connectivity index (χ1) is 20.8. The summed E-state index contributed by atoms with van der Waals surface area (Å²) < 4.78 is 13.7. The molecule has 0 fully saturated rings. The molecule has 0 unspecified atom stereocenters. The number of rotatable bonds is 7. The lowest BCUT2D eigenvalue weighted by molar-refractivity contribution is 0.0526. The molecule has 0 radical (unpaired) electrons. The minimum atomic E-state index is -0.590. The summed E-state index contributed by atoms with van der Waals surface area (Å²) >= 11 is 1.37. The van der Waals surface area contributed by atoms with E-state index in [1.54, 1.807) is 30.9 Å². The van der Waals surface area contributed by atoms with E-state index in [1.165, 1.54) is 21.8 Å². The van der Waals surface area contributed by atoms with E-state index in [-0.39, 0.29) is 35.1 Å². The van der Waals surface area contributed by atoms with Gasteiger partial charge in [-0.15, -0.1) is 11.3 Å². The second kappa shape index (κ2) is 11.5. The van der Waals surface area contributed by atoms with Crippen LogP contribution in [0.3, 0.4) is 0 Å². The monoisotopic (exact) mass is 597 g/mol. The molecule has 1 aliphatic rings. The first kappa shape index (κ1) is 28.4. The molecule has 6 rings (SSSR count). The van der Waals surface area contributed by atoms with Gasteiger partial charge in [-0.2, -0.15) is 0 Å². The number of hydrogen-bond acceptors (Lipinski definition) is 8. The molecular formula is C32H31N5O5S. The number of hydrogen-bond donors (Lipinski definition) is 2. The van der Waals surface area contributed by atoms with Gasteiger partial charge in [-0.3, -0.25) is 19.4 Å². The van der Waals surface area contributed by atoms with Crippen LogP contribution in [0.25, 0.3) is 16.7 Å². The highest BCUT2D eigenvalue weighted by Gasteiger charge is 2.28. The van der Waals surface area contributed by atoms with Crippen LogP contribution in [-0.2, 0) is 24.1 Å². The van der Waals surface area contributed by atoms with Gasteiger partial charge in [0, 0.05) is 11.1 Å². The number of nitrogens with zero attached hydrogens (tertiary/aromatic N) is 3. The van der Waals surface area contributed by atoms with Crippen molar-refractivity contribution < 1.29 is 19.1 Å². The van der Waals surface area contributed by atoms with Gasteiger partial charge >= 0.3 is 5.97 Å². The number of carbonyl (C=O) groups is 2. The summed E-state index contributed by atoms with van der Waals surface area (Å²) in [7, 11) is 1.59. The van der Waals surface area contributed by atoms with Crippen molar-refractivity contribution in [1.29, 1.82) is 5.41 Å². The molecule has 1 aliphatic carbocycles. The number of methoxy groups -OCH3 is 1. The van der Waals surface area contributed by atoms with E-state index in [0.29, 0.717) is 27.6 Å². The smallest absolute Gasteiger partial charge is 0.341 e. The molecule has 1 amide bonds. The number of aromatic nitrogens is 3. The van der Waals surface area contributed by atoms with Crippen LogP contribution < -0.4 is 21.1 Å². The fourth-order valence-electron chi connectivity index (χ4n) is 5.58. The number of nitrogens with one attached hydrogen (secondary N) is 2. The lowest BCUT2D eigenvalue weighted by atomic mass is 9.95. The molecule has 43 heavy (non-hydrogen) atoms. The number of pyridine rings is 2. The molecule has 4 heterocycles. The summed E-state index contributed by atoms with van der Waals surface area (Å²) in [6.45, 7) is 4.02. The van der Waals surface area contributed by atoms with Crippen LogP contribution in [0.4, 0.5) is 5.00 Å². The zero-order valence-electron chi connectivity index (χ0n) is 24.2. The van der Waals surface area contributed by atoms with Crippen LogP contribution in [0, 0.1) is 12.3 Å². The standard InChI is InChI=1S/C32H31N5O5S/c1-4-42-32(40)25-21-9-5-6-10-24(21)43-30(25)35-29(38)22-16-23-28(34-27-18(2)8-7-15-36(27)31(23)39)37(26(22)33)17-19-11-13-20(41-3)14-12-19/h7-8,11-16,33H,4-6,9-10,17H2,1-3H3,(H,35,38). The highest BCUT2D eigenvalue weighted by Crippen LogP contribution is 2.38. The molecular weight excluding hydrogens is 566 g/mol. The second-order valence-corrected chi connectivity index (χ2v) is 11.6. The zero-order chi connectivity index (χ0) is 30.2. The maximum absolute atomic E-state index is 13.9. The van der Waals surface area contributed by atoms with Crippen LogP contribution in [-0.4, -0.2) is 39.5 Å². The Morgan fingerprint density at radius 1 is 1.12 bits per heavy atom. The Morgan fingerprint density at radius 3 is 2.63 bits per heavy atom. The van der Waals surface area contributed by atoms with Crippen molar-refractivity contribution in [2.75, 3.05) is 19.0 Å². The number of carbonyl (C=O) groups excluding carboxylic acids is 2. The van der Waals surface area contributed by atoms with E-state index in [9.17, 15) is 14.4 Å². The number of amides is 1. The molecule has 0 aliphatic heterocycles. The lowest BCUT2D eigenvalue weighted by Gasteiger charge is -2.16. The highest BCUT2D eigenvalue weighted by atomic mass is 32.1. The largest absolute Gasteiger partial charge is 0.497 e. The van der Waals surface area contributed by atoms with Crippen molar-refractivity contribution in [3.8, 4) is 5.75 Å². The number of ether oxygens (including phenoxy) is 2. The van der Waals surface area contributed by atoms with E-state index >= 15 is 0 Å². The Balaban J connectivity index is 1.52. The fraction of sp³-hybridized carbons (Fsp3) is 0.281. The molecule has 5 aromatic rings. The Hall–Kier alpha value is -4.77. The van der Waals surface area contributed by atoms with Crippen LogP contribution in [0.5, 0.6) is 5.75 Å². The molecule has 4 aromatic heterocycles. The van der Waals surface area contributed by atoms with E-state index in [2.05, 4.69) is 5.32 Å². The summed E-state index contributed by atoms with van der Waals surface area (Å²) in [5.41, 5.74) is 3.27. The van der Waals surface area contributed by atoms with Gasteiger partial charge in [-0.25, -0.2) is 9.78 Å². The van der Waals surface area contributed by atoms with Gasteiger partial charge in [0.1, 0.15) is 27.5 Å². The third-order valence-corrected chi connectivity index (χ3v) is 8.96. The van der Waals surface area contributed by atoms with Crippen molar-refractivity contribution in [3.05, 3.63) is 97.2 Å².